The number of aromatic nitrogens is 2. The molecule has 0 aliphatic heterocycles. The van der Waals surface area contributed by atoms with Crippen LogP contribution in [0.25, 0.3) is 11.0 Å². The van der Waals surface area contributed by atoms with E-state index in [0.717, 1.165) is 23.1 Å². The summed E-state index contributed by atoms with van der Waals surface area (Å²) < 4.78 is 2.17. The fourth-order valence-electron chi connectivity index (χ4n) is 2.06. The molecule has 0 saturated heterocycles. The lowest BCUT2D eigenvalue weighted by atomic mass is 10.2. The molecule has 0 fully saturated rings. The molecular formula is C13H13N3S. The lowest BCUT2D eigenvalue weighted by Crippen LogP contribution is -1.98. The van der Waals surface area contributed by atoms with Gasteiger partial charge in [0.25, 0.3) is 0 Å². The average molecular weight is 243 g/mol. The second-order valence-corrected chi connectivity index (χ2v) is 4.77. The van der Waals surface area contributed by atoms with Gasteiger partial charge < -0.3 is 10.3 Å². The van der Waals surface area contributed by atoms with Gasteiger partial charge in [0.05, 0.1) is 0 Å². The van der Waals surface area contributed by atoms with Crippen LogP contribution in [0.2, 0.25) is 0 Å². The number of hydrogen-bond donors (Lipinski definition) is 1. The predicted octanol–water partition coefficient (Wildman–Crippen LogP) is 2.60. The van der Waals surface area contributed by atoms with Crippen LogP contribution in [-0.4, -0.2) is 9.55 Å². The lowest BCUT2D eigenvalue weighted by molar-refractivity contribution is 0.822. The summed E-state index contributed by atoms with van der Waals surface area (Å²) in [5.74, 6) is 0. The van der Waals surface area contributed by atoms with E-state index in [9.17, 15) is 0 Å². The largest absolute Gasteiger partial charge is 0.328 e. The highest BCUT2D eigenvalue weighted by molar-refractivity contribution is 7.07. The second-order valence-electron chi connectivity index (χ2n) is 3.99. The molecule has 4 heteroatoms. The van der Waals surface area contributed by atoms with Crippen molar-refractivity contribution in [1.29, 1.82) is 0 Å². The van der Waals surface area contributed by atoms with Crippen LogP contribution in [0, 0.1) is 0 Å². The summed E-state index contributed by atoms with van der Waals surface area (Å²) in [5.41, 5.74) is 9.24. The zero-order valence-electron chi connectivity index (χ0n) is 9.34. The standard InChI is InChI=1S/C13H13N3S/c14-6-11-8-16(7-10-3-5-17-9-10)13-12(11)2-1-4-15-13/h1-5,8-9H,6-7,14H2. The molecule has 17 heavy (non-hydrogen) atoms. The Morgan fingerprint density at radius 2 is 2.29 bits per heavy atom. The fourth-order valence-corrected chi connectivity index (χ4v) is 2.72. The van der Waals surface area contributed by atoms with E-state index in [-0.39, 0.29) is 0 Å². The first-order valence-electron chi connectivity index (χ1n) is 5.52. The van der Waals surface area contributed by atoms with Crippen molar-refractivity contribution in [2.24, 2.45) is 5.73 Å². The van der Waals surface area contributed by atoms with Crippen molar-refractivity contribution in [3.8, 4) is 0 Å². The zero-order chi connectivity index (χ0) is 11.7. The quantitative estimate of drug-likeness (QED) is 0.768. The summed E-state index contributed by atoms with van der Waals surface area (Å²) in [7, 11) is 0. The fraction of sp³-hybridized carbons (Fsp3) is 0.154. The van der Waals surface area contributed by atoms with Gasteiger partial charge in [-0.1, -0.05) is 0 Å². The van der Waals surface area contributed by atoms with Gasteiger partial charge in [-0.3, -0.25) is 0 Å². The van der Waals surface area contributed by atoms with Gasteiger partial charge in [0.2, 0.25) is 0 Å². The van der Waals surface area contributed by atoms with Crippen molar-refractivity contribution in [2.75, 3.05) is 0 Å². The van der Waals surface area contributed by atoms with Crippen molar-refractivity contribution < 1.29 is 0 Å². The highest BCUT2D eigenvalue weighted by Crippen LogP contribution is 2.20. The van der Waals surface area contributed by atoms with E-state index in [1.165, 1.54) is 5.56 Å². The van der Waals surface area contributed by atoms with Crippen molar-refractivity contribution in [3.05, 3.63) is 52.5 Å². The molecule has 2 N–H and O–H groups in total. The molecule has 0 aliphatic rings. The zero-order valence-corrected chi connectivity index (χ0v) is 10.2. The Morgan fingerprint density at radius 1 is 1.35 bits per heavy atom. The maximum atomic E-state index is 5.76. The van der Waals surface area contributed by atoms with Crippen molar-refractivity contribution in [2.45, 2.75) is 13.1 Å². The molecule has 0 saturated carbocycles. The Morgan fingerprint density at radius 3 is 3.06 bits per heavy atom. The van der Waals surface area contributed by atoms with Crippen LogP contribution in [0.15, 0.2) is 41.4 Å². The summed E-state index contributed by atoms with van der Waals surface area (Å²) in [6, 6.07) is 6.17. The molecule has 0 bridgehead atoms. The molecular weight excluding hydrogens is 230 g/mol. The van der Waals surface area contributed by atoms with Gasteiger partial charge in [0, 0.05) is 30.9 Å². The van der Waals surface area contributed by atoms with E-state index in [2.05, 4.69) is 38.6 Å². The minimum atomic E-state index is 0.554. The molecule has 3 heterocycles. The molecule has 0 amide bonds. The third-order valence-corrected chi connectivity index (χ3v) is 3.60. The van der Waals surface area contributed by atoms with Crippen molar-refractivity contribution >= 4 is 22.4 Å². The van der Waals surface area contributed by atoms with Crippen molar-refractivity contribution in [3.63, 3.8) is 0 Å². The first-order valence-corrected chi connectivity index (χ1v) is 6.46. The topological polar surface area (TPSA) is 43.8 Å². The Labute approximate surface area is 104 Å². The summed E-state index contributed by atoms with van der Waals surface area (Å²) in [4.78, 5) is 4.44. The second kappa shape index (κ2) is 4.31. The van der Waals surface area contributed by atoms with Gasteiger partial charge in [-0.25, -0.2) is 4.98 Å². The Kier molecular flexibility index (Phi) is 2.66. The number of nitrogens with zero attached hydrogens (tertiary/aromatic N) is 2. The van der Waals surface area contributed by atoms with Gasteiger partial charge in [0.1, 0.15) is 5.65 Å². The van der Waals surface area contributed by atoms with E-state index < -0.39 is 0 Å². The third-order valence-electron chi connectivity index (χ3n) is 2.87. The molecule has 0 aromatic carbocycles. The van der Waals surface area contributed by atoms with Crippen LogP contribution in [0.3, 0.4) is 0 Å². The molecule has 86 valence electrons. The highest BCUT2D eigenvalue weighted by Gasteiger charge is 2.08. The van der Waals surface area contributed by atoms with E-state index in [1.807, 2.05) is 12.3 Å². The Hall–Kier alpha value is -1.65. The summed E-state index contributed by atoms with van der Waals surface area (Å²) in [6.45, 7) is 1.41. The maximum absolute atomic E-state index is 5.76. The number of hydrogen-bond acceptors (Lipinski definition) is 3. The molecule has 3 nitrogen and oxygen atoms in total. The van der Waals surface area contributed by atoms with Crippen LogP contribution >= 0.6 is 11.3 Å². The molecule has 0 aliphatic carbocycles. The van der Waals surface area contributed by atoms with Crippen molar-refractivity contribution in [1.82, 2.24) is 9.55 Å². The molecule has 0 atom stereocenters. The Balaban J connectivity index is 2.10. The van der Waals surface area contributed by atoms with Crippen LogP contribution in [0.1, 0.15) is 11.1 Å². The summed E-state index contributed by atoms with van der Waals surface area (Å²) >= 11 is 1.72. The van der Waals surface area contributed by atoms with Crippen LogP contribution in [0.5, 0.6) is 0 Å². The molecule has 3 rings (SSSR count). The van der Waals surface area contributed by atoms with Crippen LogP contribution < -0.4 is 5.73 Å². The molecule has 0 unspecified atom stereocenters. The summed E-state index contributed by atoms with van der Waals surface area (Å²) in [6.07, 6.45) is 3.93. The monoisotopic (exact) mass is 243 g/mol. The van der Waals surface area contributed by atoms with Gasteiger partial charge in [-0.05, 0) is 40.1 Å². The average Bonchev–Trinajstić information content (AvgIpc) is 2.98. The minimum Gasteiger partial charge on any atom is -0.328 e. The molecule has 3 aromatic rings. The van der Waals surface area contributed by atoms with Gasteiger partial charge in [0.15, 0.2) is 0 Å². The molecule has 0 radical (unpaired) electrons. The number of thiophene rings is 1. The van der Waals surface area contributed by atoms with Gasteiger partial charge in [-0.15, -0.1) is 0 Å². The lowest BCUT2D eigenvalue weighted by Gasteiger charge is -2.01. The maximum Gasteiger partial charge on any atom is 0.140 e. The van der Waals surface area contributed by atoms with E-state index >= 15 is 0 Å². The van der Waals surface area contributed by atoms with Crippen LogP contribution in [0.4, 0.5) is 0 Å². The minimum absolute atomic E-state index is 0.554. The van der Waals surface area contributed by atoms with Gasteiger partial charge in [-0.2, -0.15) is 11.3 Å². The smallest absolute Gasteiger partial charge is 0.140 e. The number of pyridine rings is 1. The Bertz CT molecular complexity index is 625. The molecule has 3 aromatic heterocycles. The SMILES string of the molecule is NCc1cn(Cc2ccsc2)c2ncccc12. The predicted molar refractivity (Wildman–Crippen MR) is 71.0 cm³/mol. The normalized spacial score (nSPS) is 11.1. The number of rotatable bonds is 3. The van der Waals surface area contributed by atoms with Crippen LogP contribution in [-0.2, 0) is 13.1 Å². The highest BCUT2D eigenvalue weighted by atomic mass is 32.1. The van der Waals surface area contributed by atoms with E-state index in [1.54, 1.807) is 11.3 Å². The van der Waals surface area contributed by atoms with Gasteiger partial charge >= 0.3 is 0 Å². The number of nitrogens with two attached hydrogens (primary N) is 1. The molecule has 0 spiro atoms. The third kappa shape index (κ3) is 1.85. The number of fused-ring (bicyclic) bond motifs is 1. The van der Waals surface area contributed by atoms with E-state index in [4.69, 9.17) is 5.73 Å². The first kappa shape index (κ1) is 10.5. The first-order chi connectivity index (χ1) is 8.38. The summed E-state index contributed by atoms with van der Waals surface area (Å²) in [5, 5.41) is 5.42. The van der Waals surface area contributed by atoms with E-state index in [0.29, 0.717) is 6.54 Å².